The van der Waals surface area contributed by atoms with E-state index in [4.69, 9.17) is 0 Å². The first-order valence-electron chi connectivity index (χ1n) is 7.67. The van der Waals surface area contributed by atoms with Crippen molar-refractivity contribution < 1.29 is 13.2 Å². The van der Waals surface area contributed by atoms with Gasteiger partial charge in [0.1, 0.15) is 0 Å². The predicted octanol–water partition coefficient (Wildman–Crippen LogP) is 2.43. The van der Waals surface area contributed by atoms with Crippen LogP contribution in [0.1, 0.15) is 30.9 Å². The normalized spacial score (nSPS) is 20.4. The summed E-state index contributed by atoms with van der Waals surface area (Å²) >= 11 is 0. The lowest BCUT2D eigenvalue weighted by atomic mass is 10.1. The van der Waals surface area contributed by atoms with E-state index < -0.39 is 9.84 Å². The van der Waals surface area contributed by atoms with Crippen LogP contribution in [0.3, 0.4) is 0 Å². The number of aryl methyl sites for hydroxylation is 1. The summed E-state index contributed by atoms with van der Waals surface area (Å²) in [5.41, 5.74) is 2.12. The molecular weight excluding hydrogens is 298 g/mol. The molecule has 1 saturated heterocycles. The van der Waals surface area contributed by atoms with Crippen molar-refractivity contribution >= 4 is 21.8 Å². The highest BCUT2D eigenvalue weighted by atomic mass is 32.2. The summed E-state index contributed by atoms with van der Waals surface area (Å²) in [4.78, 5) is 14.1. The van der Waals surface area contributed by atoms with Crippen molar-refractivity contribution in [2.45, 2.75) is 32.7 Å². The number of nitrogens with zero attached hydrogens (tertiary/aromatic N) is 1. The zero-order valence-corrected chi connectivity index (χ0v) is 14.0. The van der Waals surface area contributed by atoms with Crippen LogP contribution in [0.4, 0.5) is 0 Å². The third-order valence-electron chi connectivity index (χ3n) is 3.86. The molecule has 1 heterocycles. The maximum atomic E-state index is 12.4. The molecule has 0 radical (unpaired) electrons. The standard InChI is InChI=1S/C17H23NO3S/c1-3-10-18(16-9-11-22(20,21)13-16)17(19)8-7-15-6-4-5-14(2)12-15/h4-8,12,16H,3,9-11,13H2,1-2H3/b8-7+. The van der Waals surface area contributed by atoms with E-state index in [1.807, 2.05) is 38.1 Å². The molecule has 1 aliphatic heterocycles. The van der Waals surface area contributed by atoms with E-state index >= 15 is 0 Å². The molecule has 1 aromatic carbocycles. The zero-order chi connectivity index (χ0) is 16.2. The minimum absolute atomic E-state index is 0.0943. The number of amides is 1. The minimum Gasteiger partial charge on any atom is -0.335 e. The topological polar surface area (TPSA) is 54.5 Å². The van der Waals surface area contributed by atoms with Gasteiger partial charge in [0.15, 0.2) is 9.84 Å². The third kappa shape index (κ3) is 4.44. The van der Waals surface area contributed by atoms with E-state index in [-0.39, 0.29) is 23.5 Å². The lowest BCUT2D eigenvalue weighted by Gasteiger charge is -2.26. The van der Waals surface area contributed by atoms with Gasteiger partial charge in [0.05, 0.1) is 11.5 Å². The summed E-state index contributed by atoms with van der Waals surface area (Å²) in [6.45, 7) is 4.59. The maximum Gasteiger partial charge on any atom is 0.246 e. The average molecular weight is 321 g/mol. The highest BCUT2D eigenvalue weighted by Crippen LogP contribution is 2.19. The number of carbonyl (C=O) groups is 1. The Labute approximate surface area is 132 Å². The van der Waals surface area contributed by atoms with Gasteiger partial charge in [0.2, 0.25) is 5.91 Å². The Hall–Kier alpha value is -1.62. The van der Waals surface area contributed by atoms with E-state index in [1.54, 1.807) is 17.1 Å². The molecular formula is C17H23NO3S. The number of sulfone groups is 1. The Bertz CT molecular complexity index is 664. The maximum absolute atomic E-state index is 12.4. The molecule has 4 nitrogen and oxygen atoms in total. The second kappa shape index (κ2) is 7.09. The minimum atomic E-state index is -2.98. The molecule has 0 bridgehead atoms. The van der Waals surface area contributed by atoms with Gasteiger partial charge in [-0.1, -0.05) is 36.8 Å². The summed E-state index contributed by atoms with van der Waals surface area (Å²) in [5.74, 6) is 0.175. The molecule has 1 amide bonds. The molecule has 1 unspecified atom stereocenters. The molecule has 0 aromatic heterocycles. The first-order chi connectivity index (χ1) is 10.4. The van der Waals surface area contributed by atoms with Crippen LogP contribution in [0, 0.1) is 6.92 Å². The van der Waals surface area contributed by atoms with Crippen LogP contribution in [0.2, 0.25) is 0 Å². The van der Waals surface area contributed by atoms with Gasteiger partial charge >= 0.3 is 0 Å². The Morgan fingerprint density at radius 1 is 1.41 bits per heavy atom. The number of rotatable bonds is 5. The lowest BCUT2D eigenvalue weighted by molar-refractivity contribution is -0.127. The number of hydrogen-bond acceptors (Lipinski definition) is 3. The Morgan fingerprint density at radius 2 is 2.18 bits per heavy atom. The van der Waals surface area contributed by atoms with Crippen LogP contribution < -0.4 is 0 Å². The summed E-state index contributed by atoms with van der Waals surface area (Å²) in [6, 6.07) is 7.73. The predicted molar refractivity (Wildman–Crippen MR) is 89.3 cm³/mol. The highest BCUT2D eigenvalue weighted by Gasteiger charge is 2.33. The molecule has 0 saturated carbocycles. The van der Waals surface area contributed by atoms with E-state index in [0.29, 0.717) is 13.0 Å². The Balaban J connectivity index is 2.10. The second-order valence-corrected chi connectivity index (χ2v) is 8.06. The van der Waals surface area contributed by atoms with Crippen molar-refractivity contribution in [3.63, 3.8) is 0 Å². The SMILES string of the molecule is CCCN(C(=O)/C=C/c1cccc(C)c1)C1CCS(=O)(=O)C1. The summed E-state index contributed by atoms with van der Waals surface area (Å²) < 4.78 is 23.3. The summed E-state index contributed by atoms with van der Waals surface area (Å²) in [6.07, 6.45) is 4.71. The second-order valence-electron chi connectivity index (χ2n) is 5.84. The number of carbonyl (C=O) groups excluding carboxylic acids is 1. The fourth-order valence-electron chi connectivity index (χ4n) is 2.77. The van der Waals surface area contributed by atoms with Gasteiger partial charge in [-0.3, -0.25) is 4.79 Å². The van der Waals surface area contributed by atoms with Crippen molar-refractivity contribution in [1.29, 1.82) is 0 Å². The van der Waals surface area contributed by atoms with E-state index in [9.17, 15) is 13.2 Å². The molecule has 2 rings (SSSR count). The van der Waals surface area contributed by atoms with E-state index in [2.05, 4.69) is 0 Å². The van der Waals surface area contributed by atoms with Crippen LogP contribution in [-0.2, 0) is 14.6 Å². The molecule has 1 aromatic rings. The molecule has 120 valence electrons. The molecule has 22 heavy (non-hydrogen) atoms. The largest absolute Gasteiger partial charge is 0.335 e. The highest BCUT2D eigenvalue weighted by molar-refractivity contribution is 7.91. The third-order valence-corrected chi connectivity index (χ3v) is 5.61. The van der Waals surface area contributed by atoms with E-state index in [1.165, 1.54) is 0 Å². The first-order valence-corrected chi connectivity index (χ1v) is 9.49. The van der Waals surface area contributed by atoms with Crippen molar-refractivity contribution in [2.75, 3.05) is 18.1 Å². The molecule has 1 aliphatic rings. The summed E-state index contributed by atoms with van der Waals surface area (Å²) in [7, 11) is -2.98. The molecule has 1 atom stereocenters. The van der Waals surface area contributed by atoms with Gasteiger partial charge < -0.3 is 4.90 Å². The van der Waals surface area contributed by atoms with E-state index in [0.717, 1.165) is 17.5 Å². The Morgan fingerprint density at radius 3 is 2.77 bits per heavy atom. The van der Waals surface area contributed by atoms with Gasteiger partial charge in [-0.15, -0.1) is 0 Å². The zero-order valence-electron chi connectivity index (χ0n) is 13.2. The average Bonchev–Trinajstić information content (AvgIpc) is 2.82. The number of benzene rings is 1. The monoisotopic (exact) mass is 321 g/mol. The molecule has 1 fully saturated rings. The quantitative estimate of drug-likeness (QED) is 0.783. The fourth-order valence-corrected chi connectivity index (χ4v) is 4.50. The molecule has 0 N–H and O–H groups in total. The van der Waals surface area contributed by atoms with Crippen LogP contribution in [0.15, 0.2) is 30.3 Å². The van der Waals surface area contributed by atoms with Crippen molar-refractivity contribution in [1.82, 2.24) is 4.90 Å². The smallest absolute Gasteiger partial charge is 0.246 e. The van der Waals surface area contributed by atoms with Crippen LogP contribution in [-0.4, -0.2) is 43.3 Å². The van der Waals surface area contributed by atoms with Crippen molar-refractivity contribution in [3.8, 4) is 0 Å². The van der Waals surface area contributed by atoms with Crippen LogP contribution >= 0.6 is 0 Å². The van der Waals surface area contributed by atoms with Crippen LogP contribution in [0.25, 0.3) is 6.08 Å². The fraction of sp³-hybridized carbons (Fsp3) is 0.471. The first kappa shape index (κ1) is 16.7. The van der Waals surface area contributed by atoms with Crippen molar-refractivity contribution in [3.05, 3.63) is 41.5 Å². The van der Waals surface area contributed by atoms with Gasteiger partial charge in [0.25, 0.3) is 0 Å². The summed E-state index contributed by atoms with van der Waals surface area (Å²) in [5, 5.41) is 0. The molecule has 5 heteroatoms. The number of hydrogen-bond donors (Lipinski definition) is 0. The Kier molecular flexibility index (Phi) is 5.40. The lowest BCUT2D eigenvalue weighted by Crippen LogP contribution is -2.40. The van der Waals surface area contributed by atoms with Gasteiger partial charge in [0, 0.05) is 18.7 Å². The van der Waals surface area contributed by atoms with Gasteiger partial charge in [-0.05, 0) is 31.4 Å². The van der Waals surface area contributed by atoms with Crippen molar-refractivity contribution in [2.24, 2.45) is 0 Å². The van der Waals surface area contributed by atoms with Gasteiger partial charge in [-0.2, -0.15) is 0 Å². The molecule has 0 aliphatic carbocycles. The van der Waals surface area contributed by atoms with Gasteiger partial charge in [-0.25, -0.2) is 8.42 Å². The van der Waals surface area contributed by atoms with Crippen LogP contribution in [0.5, 0.6) is 0 Å². The molecule has 0 spiro atoms.